The van der Waals surface area contributed by atoms with E-state index >= 15 is 0 Å². The molecule has 0 aromatic rings. The molecular formula is C13H26N2O2. The molecule has 0 saturated carbocycles. The minimum atomic E-state index is 0.194. The second-order valence-electron chi connectivity index (χ2n) is 4.52. The van der Waals surface area contributed by atoms with Crippen LogP contribution in [0.5, 0.6) is 0 Å². The molecule has 0 radical (unpaired) electrons. The zero-order chi connectivity index (χ0) is 12.5. The normalized spacial score (nSPS) is 20.2. The number of ether oxygens (including phenoxy) is 1. The number of hydrogen-bond acceptors (Lipinski definition) is 3. The Morgan fingerprint density at radius 3 is 2.71 bits per heavy atom. The Bertz CT molecular complexity index is 211. The van der Waals surface area contributed by atoms with Gasteiger partial charge >= 0.3 is 0 Å². The molecule has 0 aliphatic carbocycles. The first kappa shape index (κ1) is 14.5. The molecule has 0 bridgehead atoms. The zero-order valence-electron chi connectivity index (χ0n) is 11.2. The van der Waals surface area contributed by atoms with Gasteiger partial charge in [-0.05, 0) is 46.1 Å². The van der Waals surface area contributed by atoms with Crippen LogP contribution in [0.2, 0.25) is 0 Å². The molecule has 1 amide bonds. The molecule has 1 atom stereocenters. The van der Waals surface area contributed by atoms with Gasteiger partial charge in [-0.15, -0.1) is 0 Å². The third-order valence-corrected chi connectivity index (χ3v) is 3.31. The van der Waals surface area contributed by atoms with Crippen molar-refractivity contribution in [3.63, 3.8) is 0 Å². The monoisotopic (exact) mass is 242 g/mol. The van der Waals surface area contributed by atoms with Crippen molar-refractivity contribution in [2.75, 3.05) is 32.8 Å². The standard InChI is InChI=1S/C13H26N2O2/c1-3-15(4-2)13(16)11-14-9-8-12-7-5-6-10-17-12/h12,14H,3-11H2,1-2H3. The van der Waals surface area contributed by atoms with Crippen LogP contribution >= 0.6 is 0 Å². The molecule has 1 aliphatic heterocycles. The number of rotatable bonds is 7. The highest BCUT2D eigenvalue weighted by Gasteiger charge is 2.13. The van der Waals surface area contributed by atoms with E-state index in [1.165, 1.54) is 19.3 Å². The van der Waals surface area contributed by atoms with Crippen molar-refractivity contribution >= 4 is 5.91 Å². The van der Waals surface area contributed by atoms with Crippen LogP contribution in [0.1, 0.15) is 39.5 Å². The number of nitrogens with one attached hydrogen (secondary N) is 1. The molecule has 1 N–H and O–H groups in total. The number of amides is 1. The maximum Gasteiger partial charge on any atom is 0.236 e. The van der Waals surface area contributed by atoms with Gasteiger partial charge < -0.3 is 15.0 Å². The van der Waals surface area contributed by atoms with E-state index in [9.17, 15) is 4.79 Å². The van der Waals surface area contributed by atoms with Crippen LogP contribution in [0, 0.1) is 0 Å². The summed E-state index contributed by atoms with van der Waals surface area (Å²) in [7, 11) is 0. The maximum absolute atomic E-state index is 11.7. The average Bonchev–Trinajstić information content (AvgIpc) is 2.37. The average molecular weight is 242 g/mol. The molecule has 0 spiro atoms. The summed E-state index contributed by atoms with van der Waals surface area (Å²) in [6.07, 6.45) is 5.07. The molecule has 1 rings (SSSR count). The van der Waals surface area contributed by atoms with Crippen LogP contribution in [-0.4, -0.2) is 49.7 Å². The second kappa shape index (κ2) is 8.48. The van der Waals surface area contributed by atoms with E-state index in [0.717, 1.165) is 32.7 Å². The molecule has 4 heteroatoms. The molecular weight excluding hydrogens is 216 g/mol. The summed E-state index contributed by atoms with van der Waals surface area (Å²) in [6.45, 7) is 7.84. The largest absolute Gasteiger partial charge is 0.378 e. The third kappa shape index (κ3) is 5.50. The minimum Gasteiger partial charge on any atom is -0.378 e. The lowest BCUT2D eigenvalue weighted by atomic mass is 10.1. The summed E-state index contributed by atoms with van der Waals surface area (Å²) >= 11 is 0. The Kier molecular flexibility index (Phi) is 7.21. The second-order valence-corrected chi connectivity index (χ2v) is 4.52. The van der Waals surface area contributed by atoms with Crippen LogP contribution in [-0.2, 0) is 9.53 Å². The van der Waals surface area contributed by atoms with Gasteiger partial charge in [0.2, 0.25) is 5.91 Å². The van der Waals surface area contributed by atoms with E-state index in [-0.39, 0.29) is 5.91 Å². The molecule has 4 nitrogen and oxygen atoms in total. The van der Waals surface area contributed by atoms with E-state index in [2.05, 4.69) is 5.32 Å². The van der Waals surface area contributed by atoms with Gasteiger partial charge in [-0.1, -0.05) is 0 Å². The molecule has 1 fully saturated rings. The topological polar surface area (TPSA) is 41.6 Å². The first-order valence-corrected chi connectivity index (χ1v) is 6.88. The third-order valence-electron chi connectivity index (χ3n) is 3.31. The van der Waals surface area contributed by atoms with Gasteiger partial charge in [0.05, 0.1) is 12.6 Å². The number of nitrogens with zero attached hydrogens (tertiary/aromatic N) is 1. The van der Waals surface area contributed by atoms with E-state index in [1.807, 2.05) is 18.7 Å². The van der Waals surface area contributed by atoms with Crippen LogP contribution in [0.4, 0.5) is 0 Å². The van der Waals surface area contributed by atoms with Crippen LogP contribution in [0.3, 0.4) is 0 Å². The van der Waals surface area contributed by atoms with E-state index in [4.69, 9.17) is 4.74 Å². The maximum atomic E-state index is 11.7. The van der Waals surface area contributed by atoms with E-state index in [0.29, 0.717) is 12.6 Å². The lowest BCUT2D eigenvalue weighted by Crippen LogP contribution is -2.38. The van der Waals surface area contributed by atoms with Gasteiger partial charge in [-0.2, -0.15) is 0 Å². The van der Waals surface area contributed by atoms with Gasteiger partial charge in [-0.25, -0.2) is 0 Å². The molecule has 0 aromatic carbocycles. The Labute approximate surface area is 105 Å². The summed E-state index contributed by atoms with van der Waals surface area (Å²) in [5.74, 6) is 0.194. The number of carbonyl (C=O) groups excluding carboxylic acids is 1. The first-order valence-electron chi connectivity index (χ1n) is 6.88. The summed E-state index contributed by atoms with van der Waals surface area (Å²) in [6, 6.07) is 0. The van der Waals surface area contributed by atoms with Crippen molar-refractivity contribution in [1.82, 2.24) is 10.2 Å². The number of hydrogen-bond donors (Lipinski definition) is 1. The van der Waals surface area contributed by atoms with Crippen LogP contribution in [0.15, 0.2) is 0 Å². The predicted molar refractivity (Wildman–Crippen MR) is 69.0 cm³/mol. The Hall–Kier alpha value is -0.610. The van der Waals surface area contributed by atoms with E-state index < -0.39 is 0 Å². The number of carbonyl (C=O) groups is 1. The fourth-order valence-electron chi connectivity index (χ4n) is 2.18. The predicted octanol–water partition coefficient (Wildman–Crippen LogP) is 1.40. The molecule has 1 heterocycles. The molecule has 0 aromatic heterocycles. The zero-order valence-corrected chi connectivity index (χ0v) is 11.2. The summed E-state index contributed by atoms with van der Waals surface area (Å²) in [4.78, 5) is 13.5. The molecule has 17 heavy (non-hydrogen) atoms. The van der Waals surface area contributed by atoms with E-state index in [1.54, 1.807) is 0 Å². The van der Waals surface area contributed by atoms with Crippen molar-refractivity contribution in [2.24, 2.45) is 0 Å². The lowest BCUT2D eigenvalue weighted by Gasteiger charge is -2.23. The van der Waals surface area contributed by atoms with Gasteiger partial charge in [0.1, 0.15) is 0 Å². The molecule has 1 saturated heterocycles. The van der Waals surface area contributed by atoms with Gasteiger partial charge in [-0.3, -0.25) is 4.79 Å². The van der Waals surface area contributed by atoms with Crippen LogP contribution in [0.25, 0.3) is 0 Å². The molecule has 100 valence electrons. The quantitative estimate of drug-likeness (QED) is 0.686. The van der Waals surface area contributed by atoms with Crippen molar-refractivity contribution < 1.29 is 9.53 Å². The highest BCUT2D eigenvalue weighted by molar-refractivity contribution is 5.78. The Morgan fingerprint density at radius 1 is 1.35 bits per heavy atom. The van der Waals surface area contributed by atoms with Crippen molar-refractivity contribution in [3.05, 3.63) is 0 Å². The van der Waals surface area contributed by atoms with Gasteiger partial charge in [0.25, 0.3) is 0 Å². The molecule has 1 unspecified atom stereocenters. The smallest absolute Gasteiger partial charge is 0.236 e. The summed E-state index contributed by atoms with van der Waals surface area (Å²) in [5.41, 5.74) is 0. The fourth-order valence-corrected chi connectivity index (χ4v) is 2.18. The van der Waals surface area contributed by atoms with Gasteiger partial charge in [0, 0.05) is 19.7 Å². The number of likely N-dealkylation sites (N-methyl/N-ethyl adjacent to an activating group) is 1. The lowest BCUT2D eigenvalue weighted by molar-refractivity contribution is -0.129. The highest BCUT2D eigenvalue weighted by atomic mass is 16.5. The molecule has 1 aliphatic rings. The summed E-state index contributed by atoms with van der Waals surface area (Å²) in [5, 5.41) is 3.21. The fraction of sp³-hybridized carbons (Fsp3) is 0.923. The van der Waals surface area contributed by atoms with Crippen molar-refractivity contribution in [1.29, 1.82) is 0 Å². The van der Waals surface area contributed by atoms with Crippen LogP contribution < -0.4 is 5.32 Å². The highest BCUT2D eigenvalue weighted by Crippen LogP contribution is 2.14. The Balaban J connectivity index is 2.04. The van der Waals surface area contributed by atoms with Gasteiger partial charge in [0.15, 0.2) is 0 Å². The summed E-state index contributed by atoms with van der Waals surface area (Å²) < 4.78 is 5.64. The first-order chi connectivity index (χ1) is 8.27. The minimum absolute atomic E-state index is 0.194. The Morgan fingerprint density at radius 2 is 2.12 bits per heavy atom. The van der Waals surface area contributed by atoms with Crippen molar-refractivity contribution in [3.8, 4) is 0 Å². The van der Waals surface area contributed by atoms with Crippen molar-refractivity contribution in [2.45, 2.75) is 45.6 Å². The SMILES string of the molecule is CCN(CC)C(=O)CNCCC1CCCCO1.